The molecule has 0 radical (unpaired) electrons. The second-order valence-electron chi connectivity index (χ2n) is 9.96. The number of rotatable bonds is 8. The lowest BCUT2D eigenvalue weighted by Crippen LogP contribution is -2.45. The molecule has 6 rings (SSSR count). The van der Waals surface area contributed by atoms with Gasteiger partial charge in [-0.3, -0.25) is 19.6 Å². The van der Waals surface area contributed by atoms with E-state index in [2.05, 4.69) is 30.4 Å². The average Bonchev–Trinajstić information content (AvgIpc) is 3.48. The molecule has 37 heavy (non-hydrogen) atoms. The number of amides is 2. The first-order valence-electron chi connectivity index (χ1n) is 12.0. The van der Waals surface area contributed by atoms with E-state index in [1.807, 2.05) is 24.3 Å². The topological polar surface area (TPSA) is 164 Å². The van der Waals surface area contributed by atoms with Crippen LogP contribution in [0.5, 0.6) is 0 Å². The van der Waals surface area contributed by atoms with Crippen LogP contribution in [0.1, 0.15) is 58.9 Å². The summed E-state index contributed by atoms with van der Waals surface area (Å²) in [6.07, 6.45) is 8.24. The number of carbonyl (C=O) groups excluding carboxylic acids is 2. The lowest BCUT2D eigenvalue weighted by Gasteiger charge is -2.56. The van der Waals surface area contributed by atoms with Crippen LogP contribution in [0.3, 0.4) is 0 Å². The molecule has 4 aromatic rings. The van der Waals surface area contributed by atoms with Crippen molar-refractivity contribution >= 4 is 34.5 Å². The second kappa shape index (κ2) is 9.34. The zero-order chi connectivity index (χ0) is 25.6. The van der Waals surface area contributed by atoms with E-state index in [4.69, 9.17) is 11.5 Å². The molecule has 2 fully saturated rings. The van der Waals surface area contributed by atoms with Gasteiger partial charge in [0.15, 0.2) is 0 Å². The van der Waals surface area contributed by atoms with E-state index in [9.17, 15) is 9.59 Å². The molecule has 2 amide bonds. The standard InChI is InChI=1S/C25H24N8O2S2/c26-19(34)5-17-3-1-13(11-28-17)21-30-32-23(36-21)15-7-25(8-15)9-16(10-25)24-33-31-22(37-24)14-2-4-18(29-12-14)6-20(27)35/h1-4,11-12,15-16H,5-10H2,(H2,26,34)(H2,27,35). The fourth-order valence-corrected chi connectivity index (χ4v) is 7.22. The maximum absolute atomic E-state index is 11.1. The summed E-state index contributed by atoms with van der Waals surface area (Å²) in [6.45, 7) is 0. The van der Waals surface area contributed by atoms with E-state index in [0.717, 1.165) is 56.8 Å². The fourth-order valence-electron chi connectivity index (χ4n) is 5.35. The molecule has 4 heterocycles. The lowest BCUT2D eigenvalue weighted by molar-refractivity contribution is -0.118. The van der Waals surface area contributed by atoms with Gasteiger partial charge in [0, 0.05) is 46.7 Å². The smallest absolute Gasteiger partial charge is 0.223 e. The van der Waals surface area contributed by atoms with E-state index in [0.29, 0.717) is 28.6 Å². The molecule has 4 N–H and O–H groups in total. The normalized spacial score (nSPS) is 22.4. The van der Waals surface area contributed by atoms with Crippen LogP contribution < -0.4 is 11.5 Å². The predicted molar refractivity (Wildman–Crippen MR) is 138 cm³/mol. The Hall–Kier alpha value is -3.64. The summed E-state index contributed by atoms with van der Waals surface area (Å²) < 4.78 is 0. The molecule has 0 saturated heterocycles. The maximum Gasteiger partial charge on any atom is 0.223 e. The van der Waals surface area contributed by atoms with Gasteiger partial charge in [0.1, 0.15) is 20.0 Å². The van der Waals surface area contributed by atoms with Gasteiger partial charge in [-0.05, 0) is 55.4 Å². The highest BCUT2D eigenvalue weighted by molar-refractivity contribution is 7.15. The summed E-state index contributed by atoms with van der Waals surface area (Å²) >= 11 is 3.24. The highest BCUT2D eigenvalue weighted by Crippen LogP contribution is 2.66. The molecule has 0 bridgehead atoms. The number of hydrogen-bond acceptors (Lipinski definition) is 10. The van der Waals surface area contributed by atoms with E-state index in [-0.39, 0.29) is 12.8 Å². The molecular weight excluding hydrogens is 508 g/mol. The number of primary amides is 2. The van der Waals surface area contributed by atoms with E-state index in [1.165, 1.54) is 0 Å². The van der Waals surface area contributed by atoms with Crippen molar-refractivity contribution in [3.8, 4) is 21.1 Å². The van der Waals surface area contributed by atoms with Crippen molar-refractivity contribution in [2.45, 2.75) is 50.4 Å². The molecule has 0 aliphatic heterocycles. The quantitative estimate of drug-likeness (QED) is 0.350. The predicted octanol–water partition coefficient (Wildman–Crippen LogP) is 3.01. The maximum atomic E-state index is 11.1. The first-order chi connectivity index (χ1) is 17.9. The minimum atomic E-state index is -0.396. The highest BCUT2D eigenvalue weighted by atomic mass is 32.1. The molecule has 2 aliphatic carbocycles. The van der Waals surface area contributed by atoms with Crippen molar-refractivity contribution in [2.24, 2.45) is 16.9 Å². The van der Waals surface area contributed by atoms with Gasteiger partial charge in [0.05, 0.1) is 12.8 Å². The van der Waals surface area contributed by atoms with Crippen LogP contribution in [0.2, 0.25) is 0 Å². The van der Waals surface area contributed by atoms with Gasteiger partial charge >= 0.3 is 0 Å². The molecule has 188 valence electrons. The SMILES string of the molecule is NC(=O)Cc1ccc(-c2nnc(C3CC4(C3)CC(c3nnc(-c5ccc(CC(N)=O)nc5)s3)C4)s2)cn1. The molecule has 0 aromatic carbocycles. The first-order valence-corrected chi connectivity index (χ1v) is 13.6. The third-order valence-corrected chi connectivity index (χ3v) is 9.42. The van der Waals surface area contributed by atoms with Crippen molar-refractivity contribution in [3.05, 3.63) is 58.1 Å². The van der Waals surface area contributed by atoms with Gasteiger partial charge in [0.2, 0.25) is 11.8 Å². The largest absolute Gasteiger partial charge is 0.369 e. The van der Waals surface area contributed by atoms with Gasteiger partial charge in [-0.25, -0.2) is 0 Å². The lowest BCUT2D eigenvalue weighted by atomic mass is 9.48. The molecule has 10 nitrogen and oxygen atoms in total. The Labute approximate surface area is 220 Å². The molecule has 0 atom stereocenters. The summed E-state index contributed by atoms with van der Waals surface area (Å²) in [4.78, 5) is 30.7. The van der Waals surface area contributed by atoms with Crippen LogP contribution >= 0.6 is 22.7 Å². The summed E-state index contributed by atoms with van der Waals surface area (Å²) in [5, 5.41) is 21.5. The Morgan fingerprint density at radius 1 is 0.730 bits per heavy atom. The Morgan fingerprint density at radius 3 is 1.51 bits per heavy atom. The van der Waals surface area contributed by atoms with Crippen molar-refractivity contribution in [1.82, 2.24) is 30.4 Å². The zero-order valence-electron chi connectivity index (χ0n) is 19.8. The molecule has 1 spiro atoms. The van der Waals surface area contributed by atoms with Crippen molar-refractivity contribution in [3.63, 3.8) is 0 Å². The van der Waals surface area contributed by atoms with Crippen molar-refractivity contribution in [2.75, 3.05) is 0 Å². The summed E-state index contributed by atoms with van der Waals surface area (Å²) in [5.41, 5.74) is 14.0. The summed E-state index contributed by atoms with van der Waals surface area (Å²) in [6, 6.07) is 7.44. The van der Waals surface area contributed by atoms with Crippen LogP contribution in [-0.4, -0.2) is 42.2 Å². The van der Waals surface area contributed by atoms with E-state index in [1.54, 1.807) is 35.1 Å². The second-order valence-corrected chi connectivity index (χ2v) is 12.0. The van der Waals surface area contributed by atoms with E-state index < -0.39 is 11.8 Å². The number of pyridine rings is 2. The van der Waals surface area contributed by atoms with Crippen LogP contribution in [0.25, 0.3) is 21.1 Å². The van der Waals surface area contributed by atoms with Crippen LogP contribution in [0, 0.1) is 5.41 Å². The van der Waals surface area contributed by atoms with Crippen LogP contribution in [-0.2, 0) is 22.4 Å². The summed E-state index contributed by atoms with van der Waals surface area (Å²) in [7, 11) is 0. The average molecular weight is 533 g/mol. The molecular formula is C25H24N8O2S2. The minimum absolute atomic E-state index is 0.133. The van der Waals surface area contributed by atoms with Gasteiger partial charge < -0.3 is 11.5 Å². The Morgan fingerprint density at radius 2 is 1.16 bits per heavy atom. The zero-order valence-corrected chi connectivity index (χ0v) is 21.5. The molecule has 2 aliphatic rings. The molecule has 12 heteroatoms. The number of aromatic nitrogens is 6. The third-order valence-electron chi connectivity index (χ3n) is 7.15. The van der Waals surface area contributed by atoms with Gasteiger partial charge in [-0.2, -0.15) is 0 Å². The fraction of sp³-hybridized carbons (Fsp3) is 0.360. The number of nitrogens with zero attached hydrogens (tertiary/aromatic N) is 6. The summed E-state index contributed by atoms with van der Waals surface area (Å²) in [5.74, 6) is 0.105. The highest BCUT2D eigenvalue weighted by Gasteiger charge is 2.55. The molecule has 2 saturated carbocycles. The number of hydrogen-bond donors (Lipinski definition) is 2. The monoisotopic (exact) mass is 532 g/mol. The third kappa shape index (κ3) is 4.86. The Bertz CT molecular complexity index is 1340. The van der Waals surface area contributed by atoms with Crippen LogP contribution in [0.4, 0.5) is 0 Å². The minimum Gasteiger partial charge on any atom is -0.369 e. The number of nitrogens with two attached hydrogens (primary N) is 2. The number of carbonyl (C=O) groups is 2. The van der Waals surface area contributed by atoms with Gasteiger partial charge in [-0.15, -0.1) is 20.4 Å². The first kappa shape index (κ1) is 23.7. The van der Waals surface area contributed by atoms with E-state index >= 15 is 0 Å². The van der Waals surface area contributed by atoms with Gasteiger partial charge in [-0.1, -0.05) is 22.7 Å². The van der Waals surface area contributed by atoms with Crippen LogP contribution in [0.15, 0.2) is 36.7 Å². The Kier molecular flexibility index (Phi) is 6.00. The van der Waals surface area contributed by atoms with Crippen molar-refractivity contribution < 1.29 is 9.59 Å². The Balaban J connectivity index is 1.03. The molecule has 4 aromatic heterocycles. The molecule has 0 unspecified atom stereocenters. The van der Waals surface area contributed by atoms with Gasteiger partial charge in [0.25, 0.3) is 0 Å². The van der Waals surface area contributed by atoms with Crippen molar-refractivity contribution in [1.29, 1.82) is 0 Å².